The van der Waals surface area contributed by atoms with Crippen LogP contribution in [0.2, 0.25) is 0 Å². The number of nitrogens with zero attached hydrogens (tertiary/aromatic N) is 3. The molecule has 2 aromatic heterocycles. The van der Waals surface area contributed by atoms with Gasteiger partial charge in [0.15, 0.2) is 0 Å². The minimum atomic E-state index is -0.349. The van der Waals surface area contributed by atoms with Gasteiger partial charge in [0.1, 0.15) is 5.75 Å². The summed E-state index contributed by atoms with van der Waals surface area (Å²) in [6, 6.07) is 14.4. The molecule has 0 saturated heterocycles. The number of carbonyl (C=O) groups is 2. The molecule has 0 bridgehead atoms. The molecule has 0 radical (unpaired) electrons. The molecule has 0 fully saturated rings. The summed E-state index contributed by atoms with van der Waals surface area (Å²) in [5.74, 6) is -0.0514. The fraction of sp³-hybridized carbons (Fsp3) is 0.217. The van der Waals surface area contributed by atoms with Gasteiger partial charge in [-0.25, -0.2) is 0 Å². The van der Waals surface area contributed by atoms with E-state index in [-0.39, 0.29) is 18.4 Å². The molecule has 7 nitrogen and oxygen atoms in total. The lowest BCUT2D eigenvalue weighted by Gasteiger charge is -2.23. The molecule has 3 aromatic rings. The van der Waals surface area contributed by atoms with E-state index in [0.29, 0.717) is 31.0 Å². The number of pyridine rings is 2. The zero-order chi connectivity index (χ0) is 21.2. The number of amides is 2. The molecule has 1 aromatic carbocycles. The van der Waals surface area contributed by atoms with Crippen LogP contribution < -0.4 is 10.1 Å². The summed E-state index contributed by atoms with van der Waals surface area (Å²) < 4.78 is 5.50. The Hall–Kier alpha value is -3.74. The van der Waals surface area contributed by atoms with Gasteiger partial charge in [-0.3, -0.25) is 19.6 Å². The molecule has 154 valence electrons. The molecule has 0 unspecified atom stereocenters. The van der Waals surface area contributed by atoms with Crippen molar-refractivity contribution in [2.75, 3.05) is 13.2 Å². The maximum absolute atomic E-state index is 12.9. The Kier molecular flexibility index (Phi) is 7.49. The predicted octanol–water partition coefficient (Wildman–Crippen LogP) is 2.83. The molecule has 1 N–H and O–H groups in total. The zero-order valence-electron chi connectivity index (χ0n) is 16.8. The van der Waals surface area contributed by atoms with Crippen molar-refractivity contribution in [2.24, 2.45) is 0 Å². The number of ether oxygens (including phenoxy) is 1. The highest BCUT2D eigenvalue weighted by atomic mass is 16.5. The monoisotopic (exact) mass is 404 g/mol. The van der Waals surface area contributed by atoms with Crippen LogP contribution in [0.1, 0.15) is 28.4 Å². The summed E-state index contributed by atoms with van der Waals surface area (Å²) >= 11 is 0. The number of rotatable bonds is 9. The van der Waals surface area contributed by atoms with Crippen LogP contribution in [-0.2, 0) is 17.9 Å². The van der Waals surface area contributed by atoms with E-state index in [0.717, 1.165) is 11.1 Å². The molecular weight excluding hydrogens is 380 g/mol. The lowest BCUT2D eigenvalue weighted by molar-refractivity contribution is -0.131. The SMILES string of the molecule is CCOc1ccccc1C(=O)NCC(=O)N(Cc1ccncc1)Cc1cccnc1. The number of carbonyl (C=O) groups excluding carboxylic acids is 2. The van der Waals surface area contributed by atoms with Crippen LogP contribution >= 0.6 is 0 Å². The molecule has 0 aliphatic carbocycles. The third kappa shape index (κ3) is 5.88. The maximum atomic E-state index is 12.9. The fourth-order valence-electron chi connectivity index (χ4n) is 2.95. The molecule has 0 saturated carbocycles. The highest BCUT2D eigenvalue weighted by molar-refractivity contribution is 5.98. The van der Waals surface area contributed by atoms with Crippen molar-refractivity contribution < 1.29 is 14.3 Å². The molecule has 2 amide bonds. The molecule has 2 heterocycles. The van der Waals surface area contributed by atoms with Crippen molar-refractivity contribution in [1.29, 1.82) is 0 Å². The van der Waals surface area contributed by atoms with Gasteiger partial charge in [0.25, 0.3) is 5.91 Å². The van der Waals surface area contributed by atoms with E-state index < -0.39 is 0 Å². The zero-order valence-corrected chi connectivity index (χ0v) is 16.8. The fourth-order valence-corrected chi connectivity index (χ4v) is 2.95. The second kappa shape index (κ2) is 10.7. The Balaban J connectivity index is 1.69. The maximum Gasteiger partial charge on any atom is 0.255 e. The molecule has 3 rings (SSSR count). The summed E-state index contributed by atoms with van der Waals surface area (Å²) in [6.45, 7) is 2.98. The molecule has 7 heteroatoms. The minimum Gasteiger partial charge on any atom is -0.493 e. The van der Waals surface area contributed by atoms with Crippen molar-refractivity contribution in [3.63, 3.8) is 0 Å². The molecule has 0 spiro atoms. The van der Waals surface area contributed by atoms with Gasteiger partial charge >= 0.3 is 0 Å². The third-order valence-corrected chi connectivity index (χ3v) is 4.40. The average Bonchev–Trinajstić information content (AvgIpc) is 2.79. The van der Waals surface area contributed by atoms with Crippen LogP contribution in [0.15, 0.2) is 73.3 Å². The summed E-state index contributed by atoms with van der Waals surface area (Å²) in [6.07, 6.45) is 6.79. The Bertz CT molecular complexity index is 923. The van der Waals surface area contributed by atoms with Crippen LogP contribution in [0.4, 0.5) is 0 Å². The van der Waals surface area contributed by atoms with E-state index in [4.69, 9.17) is 4.74 Å². The minimum absolute atomic E-state index is 0.120. The topological polar surface area (TPSA) is 84.4 Å². The number of hydrogen-bond acceptors (Lipinski definition) is 5. The van der Waals surface area contributed by atoms with Crippen molar-refractivity contribution in [2.45, 2.75) is 20.0 Å². The summed E-state index contributed by atoms with van der Waals surface area (Å²) in [5.41, 5.74) is 2.27. The molecule has 0 aliphatic rings. The Morgan fingerprint density at radius 2 is 1.70 bits per heavy atom. The number of benzene rings is 1. The van der Waals surface area contributed by atoms with Crippen LogP contribution in [0.25, 0.3) is 0 Å². The molecular formula is C23H24N4O3. The van der Waals surface area contributed by atoms with Crippen LogP contribution in [0.3, 0.4) is 0 Å². The van der Waals surface area contributed by atoms with E-state index in [1.165, 1.54) is 0 Å². The van der Waals surface area contributed by atoms with Gasteiger partial charge in [0, 0.05) is 37.9 Å². The summed E-state index contributed by atoms with van der Waals surface area (Å²) in [4.78, 5) is 35.4. The van der Waals surface area contributed by atoms with Gasteiger partial charge < -0.3 is 15.0 Å². The smallest absolute Gasteiger partial charge is 0.255 e. The number of para-hydroxylation sites is 1. The Morgan fingerprint density at radius 3 is 2.43 bits per heavy atom. The molecule has 0 atom stereocenters. The van der Waals surface area contributed by atoms with Crippen LogP contribution in [0, 0.1) is 0 Å². The second-order valence-corrected chi connectivity index (χ2v) is 6.58. The summed E-state index contributed by atoms with van der Waals surface area (Å²) in [5, 5.41) is 2.71. The largest absolute Gasteiger partial charge is 0.493 e. The first-order valence-corrected chi connectivity index (χ1v) is 9.73. The summed E-state index contributed by atoms with van der Waals surface area (Å²) in [7, 11) is 0. The van der Waals surface area contributed by atoms with Gasteiger partial charge in [0.2, 0.25) is 5.91 Å². The quantitative estimate of drug-likeness (QED) is 0.593. The lowest BCUT2D eigenvalue weighted by Crippen LogP contribution is -2.39. The first kappa shape index (κ1) is 21.0. The second-order valence-electron chi connectivity index (χ2n) is 6.58. The van der Waals surface area contributed by atoms with Gasteiger partial charge in [-0.15, -0.1) is 0 Å². The highest BCUT2D eigenvalue weighted by Crippen LogP contribution is 2.17. The van der Waals surface area contributed by atoms with Gasteiger partial charge in [-0.2, -0.15) is 0 Å². The van der Waals surface area contributed by atoms with Crippen LogP contribution in [0.5, 0.6) is 5.75 Å². The van der Waals surface area contributed by atoms with Crippen molar-refractivity contribution in [3.8, 4) is 5.75 Å². The normalized spacial score (nSPS) is 10.3. The Morgan fingerprint density at radius 1 is 0.933 bits per heavy atom. The highest BCUT2D eigenvalue weighted by Gasteiger charge is 2.18. The van der Waals surface area contributed by atoms with Gasteiger partial charge in [0.05, 0.1) is 18.7 Å². The number of hydrogen-bond donors (Lipinski definition) is 1. The van der Waals surface area contributed by atoms with Crippen molar-refractivity contribution in [3.05, 3.63) is 90.0 Å². The van der Waals surface area contributed by atoms with Gasteiger partial charge in [-0.05, 0) is 48.4 Å². The van der Waals surface area contributed by atoms with Crippen molar-refractivity contribution >= 4 is 11.8 Å². The molecule has 0 aliphatic heterocycles. The van der Waals surface area contributed by atoms with Crippen LogP contribution in [-0.4, -0.2) is 39.8 Å². The van der Waals surface area contributed by atoms with E-state index in [2.05, 4.69) is 15.3 Å². The lowest BCUT2D eigenvalue weighted by atomic mass is 10.2. The van der Waals surface area contributed by atoms with Crippen molar-refractivity contribution in [1.82, 2.24) is 20.2 Å². The van der Waals surface area contributed by atoms with E-state index in [9.17, 15) is 9.59 Å². The average molecular weight is 404 g/mol. The van der Waals surface area contributed by atoms with E-state index in [1.807, 2.05) is 31.2 Å². The predicted molar refractivity (Wildman–Crippen MR) is 113 cm³/mol. The first-order valence-electron chi connectivity index (χ1n) is 9.73. The van der Waals surface area contributed by atoms with E-state index in [1.54, 1.807) is 54.0 Å². The number of nitrogens with one attached hydrogen (secondary N) is 1. The van der Waals surface area contributed by atoms with E-state index >= 15 is 0 Å². The first-order chi connectivity index (χ1) is 14.7. The molecule has 30 heavy (non-hydrogen) atoms. The number of aromatic nitrogens is 2. The standard InChI is InChI=1S/C23H24N4O3/c1-2-30-21-8-4-3-7-20(21)23(29)26-15-22(28)27(16-18-9-12-24-13-10-18)17-19-6-5-11-25-14-19/h3-14H,2,15-17H2,1H3,(H,26,29). The van der Waals surface area contributed by atoms with Gasteiger partial charge in [-0.1, -0.05) is 18.2 Å². The Labute approximate surface area is 175 Å². The third-order valence-electron chi connectivity index (χ3n) is 4.40.